The molecule has 4 aliphatic heterocycles. The Morgan fingerprint density at radius 1 is 1.06 bits per heavy atom. The normalized spacial score (nSPS) is 55.2. The monoisotopic (exact) mass is 238 g/mol. The molecule has 0 saturated carbocycles. The first-order valence-corrected chi connectivity index (χ1v) is 6.67. The highest BCUT2D eigenvalue weighted by Crippen LogP contribution is 2.37. The fourth-order valence-electron chi connectivity index (χ4n) is 4.23. The Balaban J connectivity index is 1.55. The standard InChI is InChI=1S/C11H22N6/c1-15-7-3-9(11(15)13)17(5-7)16-4-6-2-8(16)10(12)14-6/h6-11,14H,2-5,12-13H2,1H3/t6-,7-,8-,9-,10?,11?/m1/s1. The molecule has 6 heteroatoms. The van der Waals surface area contributed by atoms with E-state index in [1.165, 1.54) is 12.8 Å². The van der Waals surface area contributed by atoms with E-state index in [-0.39, 0.29) is 12.3 Å². The van der Waals surface area contributed by atoms with Crippen molar-refractivity contribution in [3.63, 3.8) is 0 Å². The topological polar surface area (TPSA) is 73.8 Å². The zero-order valence-corrected chi connectivity index (χ0v) is 10.3. The quantitative estimate of drug-likeness (QED) is 0.486. The third-order valence-corrected chi connectivity index (χ3v) is 5.22. The van der Waals surface area contributed by atoms with Crippen molar-refractivity contribution in [3.05, 3.63) is 0 Å². The molecule has 6 atom stereocenters. The molecule has 4 rings (SSSR count). The van der Waals surface area contributed by atoms with Crippen LogP contribution in [0.5, 0.6) is 0 Å². The Morgan fingerprint density at radius 2 is 1.82 bits per heavy atom. The maximum atomic E-state index is 6.26. The molecule has 17 heavy (non-hydrogen) atoms. The Kier molecular flexibility index (Phi) is 2.13. The summed E-state index contributed by atoms with van der Waals surface area (Å²) in [6.45, 7) is 2.24. The molecule has 2 unspecified atom stereocenters. The predicted octanol–water partition coefficient (Wildman–Crippen LogP) is -2.09. The Morgan fingerprint density at radius 3 is 2.41 bits per heavy atom. The number of fused-ring (bicyclic) bond motifs is 4. The molecule has 4 heterocycles. The van der Waals surface area contributed by atoms with Crippen molar-refractivity contribution in [2.45, 2.75) is 49.3 Å². The second kappa shape index (κ2) is 3.40. The van der Waals surface area contributed by atoms with Crippen LogP contribution in [0.1, 0.15) is 12.8 Å². The lowest BCUT2D eigenvalue weighted by atomic mass is 10.2. The summed E-state index contributed by atoms with van der Waals surface area (Å²) in [5, 5.41) is 8.46. The second-order valence-corrected chi connectivity index (χ2v) is 6.05. The summed E-state index contributed by atoms with van der Waals surface area (Å²) < 4.78 is 0. The van der Waals surface area contributed by atoms with E-state index in [0.29, 0.717) is 24.2 Å². The van der Waals surface area contributed by atoms with E-state index in [2.05, 4.69) is 27.3 Å². The summed E-state index contributed by atoms with van der Waals surface area (Å²) in [5.41, 5.74) is 12.4. The minimum Gasteiger partial charge on any atom is -0.315 e. The lowest BCUT2D eigenvalue weighted by molar-refractivity contribution is -0.101. The third kappa shape index (κ3) is 1.31. The van der Waals surface area contributed by atoms with E-state index in [9.17, 15) is 0 Å². The summed E-state index contributed by atoms with van der Waals surface area (Å²) in [6, 6.07) is 2.20. The first kappa shape index (κ1) is 10.7. The van der Waals surface area contributed by atoms with Crippen molar-refractivity contribution in [2.75, 3.05) is 20.1 Å². The fourth-order valence-corrected chi connectivity index (χ4v) is 4.23. The number of likely N-dealkylation sites (tertiary alicyclic amines) is 1. The maximum absolute atomic E-state index is 6.26. The number of hydrazine groups is 1. The number of hydrogen-bond acceptors (Lipinski definition) is 6. The van der Waals surface area contributed by atoms with Gasteiger partial charge in [-0.3, -0.25) is 10.2 Å². The fraction of sp³-hybridized carbons (Fsp3) is 1.00. The maximum Gasteiger partial charge on any atom is 0.0747 e. The van der Waals surface area contributed by atoms with Crippen molar-refractivity contribution in [2.24, 2.45) is 11.5 Å². The number of nitrogens with zero attached hydrogens (tertiary/aromatic N) is 3. The highest BCUT2D eigenvalue weighted by Gasteiger charge is 2.54. The van der Waals surface area contributed by atoms with Crippen LogP contribution in [0.3, 0.4) is 0 Å². The highest BCUT2D eigenvalue weighted by atomic mass is 15.7. The van der Waals surface area contributed by atoms with Crippen LogP contribution in [0, 0.1) is 0 Å². The first-order valence-electron chi connectivity index (χ1n) is 6.67. The Bertz CT molecular complexity index is 334. The van der Waals surface area contributed by atoms with Gasteiger partial charge in [-0.1, -0.05) is 0 Å². The summed E-state index contributed by atoms with van der Waals surface area (Å²) >= 11 is 0. The summed E-state index contributed by atoms with van der Waals surface area (Å²) in [4.78, 5) is 2.33. The van der Waals surface area contributed by atoms with Gasteiger partial charge < -0.3 is 11.5 Å². The van der Waals surface area contributed by atoms with Crippen LogP contribution in [0.2, 0.25) is 0 Å². The average molecular weight is 238 g/mol. The van der Waals surface area contributed by atoms with Crippen molar-refractivity contribution < 1.29 is 0 Å². The van der Waals surface area contributed by atoms with Gasteiger partial charge in [0.15, 0.2) is 0 Å². The highest BCUT2D eigenvalue weighted by molar-refractivity contribution is 5.07. The smallest absolute Gasteiger partial charge is 0.0747 e. The van der Waals surface area contributed by atoms with Gasteiger partial charge in [-0.2, -0.15) is 0 Å². The van der Waals surface area contributed by atoms with Gasteiger partial charge in [-0.15, -0.1) is 0 Å². The molecule has 4 saturated heterocycles. The van der Waals surface area contributed by atoms with Crippen molar-refractivity contribution in [1.82, 2.24) is 20.2 Å². The molecule has 0 aromatic carbocycles. The molecule has 0 amide bonds. The summed E-state index contributed by atoms with van der Waals surface area (Å²) in [7, 11) is 2.15. The average Bonchev–Trinajstić information content (AvgIpc) is 3.00. The molecule has 4 fully saturated rings. The molecule has 0 aliphatic carbocycles. The van der Waals surface area contributed by atoms with E-state index in [1.54, 1.807) is 0 Å². The van der Waals surface area contributed by atoms with Crippen LogP contribution in [0.25, 0.3) is 0 Å². The largest absolute Gasteiger partial charge is 0.315 e. The SMILES string of the molecule is CN1C(N)[C@H]2C[C@@H]1CN2N1C[C@H]2C[C@@H]1C(N)N2. The number of nitrogens with two attached hydrogens (primary N) is 2. The molecule has 0 spiro atoms. The minimum atomic E-state index is 0.141. The zero-order valence-electron chi connectivity index (χ0n) is 10.3. The van der Waals surface area contributed by atoms with Crippen LogP contribution in [-0.2, 0) is 0 Å². The van der Waals surface area contributed by atoms with Crippen molar-refractivity contribution in [1.29, 1.82) is 0 Å². The molecule has 0 aromatic heterocycles. The van der Waals surface area contributed by atoms with E-state index in [0.717, 1.165) is 13.1 Å². The molecule has 4 bridgehead atoms. The Hall–Kier alpha value is -0.240. The van der Waals surface area contributed by atoms with E-state index < -0.39 is 0 Å². The first-order chi connectivity index (χ1) is 8.15. The van der Waals surface area contributed by atoms with Crippen molar-refractivity contribution >= 4 is 0 Å². The molecule has 4 aliphatic rings. The number of rotatable bonds is 1. The molecule has 0 radical (unpaired) electrons. The zero-order chi connectivity index (χ0) is 11.7. The van der Waals surface area contributed by atoms with E-state index in [1.807, 2.05) is 0 Å². The minimum absolute atomic E-state index is 0.141. The molecule has 6 nitrogen and oxygen atoms in total. The predicted molar refractivity (Wildman–Crippen MR) is 64.6 cm³/mol. The number of likely N-dealkylation sites (N-methyl/N-ethyl adjacent to an activating group) is 1. The second-order valence-electron chi connectivity index (χ2n) is 6.05. The number of piperazine rings is 2. The number of hydrogen-bond donors (Lipinski definition) is 3. The van der Waals surface area contributed by atoms with Gasteiger partial charge in [-0.25, -0.2) is 10.0 Å². The van der Waals surface area contributed by atoms with Crippen LogP contribution in [0.15, 0.2) is 0 Å². The summed E-state index contributed by atoms with van der Waals surface area (Å²) in [5.74, 6) is 0. The van der Waals surface area contributed by atoms with Crippen LogP contribution in [-0.4, -0.2) is 71.6 Å². The van der Waals surface area contributed by atoms with Gasteiger partial charge in [0, 0.05) is 25.2 Å². The molecule has 0 aromatic rings. The van der Waals surface area contributed by atoms with E-state index in [4.69, 9.17) is 11.5 Å². The lowest BCUT2D eigenvalue weighted by Crippen LogP contribution is -2.66. The van der Waals surface area contributed by atoms with Gasteiger partial charge in [0.2, 0.25) is 0 Å². The Labute approximate surface area is 102 Å². The van der Waals surface area contributed by atoms with Gasteiger partial charge >= 0.3 is 0 Å². The molecule has 96 valence electrons. The van der Waals surface area contributed by atoms with Gasteiger partial charge in [0.25, 0.3) is 0 Å². The van der Waals surface area contributed by atoms with Crippen molar-refractivity contribution in [3.8, 4) is 0 Å². The summed E-state index contributed by atoms with van der Waals surface area (Å²) in [6.07, 6.45) is 2.74. The third-order valence-electron chi connectivity index (χ3n) is 5.22. The molecule has 5 N–H and O–H groups in total. The van der Waals surface area contributed by atoms with Gasteiger partial charge in [0.1, 0.15) is 0 Å². The van der Waals surface area contributed by atoms with Crippen LogP contribution in [0.4, 0.5) is 0 Å². The van der Waals surface area contributed by atoms with Crippen LogP contribution >= 0.6 is 0 Å². The van der Waals surface area contributed by atoms with Gasteiger partial charge in [-0.05, 0) is 19.9 Å². The van der Waals surface area contributed by atoms with Gasteiger partial charge in [0.05, 0.1) is 24.4 Å². The number of nitrogens with one attached hydrogen (secondary N) is 1. The molecular weight excluding hydrogens is 216 g/mol. The van der Waals surface area contributed by atoms with Crippen LogP contribution < -0.4 is 16.8 Å². The van der Waals surface area contributed by atoms with E-state index >= 15 is 0 Å². The molecular formula is C11H22N6. The lowest BCUT2D eigenvalue weighted by Gasteiger charge is -2.45.